The molecule has 0 unspecified atom stereocenters. The summed E-state index contributed by atoms with van der Waals surface area (Å²) in [7, 11) is 0. The summed E-state index contributed by atoms with van der Waals surface area (Å²) in [5.41, 5.74) is 2.77. The molecule has 0 N–H and O–H groups in total. The summed E-state index contributed by atoms with van der Waals surface area (Å²) in [5.74, 6) is 0.934. The van der Waals surface area contributed by atoms with Crippen LogP contribution in [0.25, 0.3) is 0 Å². The molecule has 2 heteroatoms. The van der Waals surface area contributed by atoms with E-state index < -0.39 is 0 Å². The van der Waals surface area contributed by atoms with Gasteiger partial charge in [-0.25, -0.2) is 0 Å². The van der Waals surface area contributed by atoms with Gasteiger partial charge < -0.3 is 4.74 Å². The molecule has 0 saturated carbocycles. The van der Waals surface area contributed by atoms with Crippen molar-refractivity contribution in [2.24, 2.45) is 0 Å². The first-order valence-corrected chi connectivity index (χ1v) is 6.74. The molecule has 2 rings (SSSR count). The second-order valence-corrected chi connectivity index (χ2v) is 5.97. The predicted octanol–water partition coefficient (Wildman–Crippen LogP) is 4.62. The number of ether oxygens (including phenoxy) is 1. The Morgan fingerprint density at radius 2 is 1.76 bits per heavy atom. The third-order valence-electron chi connectivity index (χ3n) is 2.71. The molecule has 0 aliphatic rings. The average Bonchev–Trinajstić information content (AvgIpc) is 2.78. The molecule has 1 aromatic carbocycles. The average molecular weight is 246 g/mol. The van der Waals surface area contributed by atoms with Crippen LogP contribution in [0.4, 0.5) is 0 Å². The molecule has 0 amide bonds. The first-order chi connectivity index (χ1) is 8.05. The third-order valence-corrected chi connectivity index (χ3v) is 3.44. The molecule has 0 fully saturated rings. The van der Waals surface area contributed by atoms with Crippen molar-refractivity contribution in [1.82, 2.24) is 0 Å². The van der Waals surface area contributed by atoms with Gasteiger partial charge in [-0.1, -0.05) is 32.9 Å². The first-order valence-electron chi connectivity index (χ1n) is 5.80. The molecular weight excluding hydrogens is 228 g/mol. The second kappa shape index (κ2) is 4.92. The van der Waals surface area contributed by atoms with Crippen molar-refractivity contribution in [3.8, 4) is 5.75 Å². The van der Waals surface area contributed by atoms with Crippen LogP contribution < -0.4 is 4.74 Å². The Labute approximate surface area is 107 Å². The molecule has 1 aromatic heterocycles. The fourth-order valence-corrected chi connectivity index (χ4v) is 2.25. The zero-order valence-corrected chi connectivity index (χ0v) is 11.4. The van der Waals surface area contributed by atoms with Crippen LogP contribution in [-0.2, 0) is 12.0 Å². The number of thiophene rings is 1. The molecule has 90 valence electrons. The minimum absolute atomic E-state index is 0.200. The lowest BCUT2D eigenvalue weighted by molar-refractivity contribution is 0.306. The number of hydrogen-bond donors (Lipinski definition) is 0. The van der Waals surface area contributed by atoms with Gasteiger partial charge in [0.2, 0.25) is 0 Å². The molecule has 1 heterocycles. The molecule has 0 spiro atoms. The Kier molecular flexibility index (Phi) is 3.53. The van der Waals surface area contributed by atoms with Gasteiger partial charge in [0.25, 0.3) is 0 Å². The van der Waals surface area contributed by atoms with E-state index in [1.54, 1.807) is 11.3 Å². The summed E-state index contributed by atoms with van der Waals surface area (Å²) < 4.78 is 5.72. The highest BCUT2D eigenvalue weighted by Crippen LogP contribution is 2.24. The van der Waals surface area contributed by atoms with E-state index in [2.05, 4.69) is 49.7 Å². The van der Waals surface area contributed by atoms with Crippen molar-refractivity contribution in [1.29, 1.82) is 0 Å². The molecule has 0 bridgehead atoms. The van der Waals surface area contributed by atoms with E-state index in [0.29, 0.717) is 6.61 Å². The lowest BCUT2D eigenvalue weighted by Gasteiger charge is -2.19. The van der Waals surface area contributed by atoms with Crippen LogP contribution in [0.3, 0.4) is 0 Å². The Hall–Kier alpha value is -1.28. The quantitative estimate of drug-likeness (QED) is 0.767. The van der Waals surface area contributed by atoms with E-state index in [1.807, 2.05) is 12.1 Å². The highest BCUT2D eigenvalue weighted by Gasteiger charge is 2.12. The number of benzene rings is 1. The zero-order valence-electron chi connectivity index (χ0n) is 10.6. The summed E-state index contributed by atoms with van der Waals surface area (Å²) in [5, 5.41) is 4.19. The van der Waals surface area contributed by atoms with Gasteiger partial charge in [0, 0.05) is 0 Å². The predicted molar refractivity (Wildman–Crippen MR) is 73.8 cm³/mol. The van der Waals surface area contributed by atoms with Crippen molar-refractivity contribution in [2.75, 3.05) is 0 Å². The monoisotopic (exact) mass is 246 g/mol. The minimum atomic E-state index is 0.200. The van der Waals surface area contributed by atoms with Crippen molar-refractivity contribution in [3.63, 3.8) is 0 Å². The van der Waals surface area contributed by atoms with Gasteiger partial charge in [-0.15, -0.1) is 0 Å². The molecule has 1 nitrogen and oxygen atoms in total. The van der Waals surface area contributed by atoms with Crippen LogP contribution in [0.1, 0.15) is 31.9 Å². The third kappa shape index (κ3) is 3.34. The topological polar surface area (TPSA) is 9.23 Å². The van der Waals surface area contributed by atoms with Crippen molar-refractivity contribution in [2.45, 2.75) is 32.8 Å². The van der Waals surface area contributed by atoms with Gasteiger partial charge in [0.1, 0.15) is 12.4 Å². The van der Waals surface area contributed by atoms with E-state index in [1.165, 1.54) is 11.1 Å². The maximum absolute atomic E-state index is 5.72. The largest absolute Gasteiger partial charge is 0.489 e. The molecule has 2 aromatic rings. The molecule has 0 saturated heterocycles. The van der Waals surface area contributed by atoms with Gasteiger partial charge >= 0.3 is 0 Å². The maximum atomic E-state index is 5.72. The molecule has 0 aliphatic carbocycles. The molecule has 0 radical (unpaired) electrons. The fourth-order valence-electron chi connectivity index (χ4n) is 1.59. The van der Waals surface area contributed by atoms with Crippen molar-refractivity contribution in [3.05, 3.63) is 52.2 Å². The Balaban J connectivity index is 1.99. The zero-order chi connectivity index (χ0) is 12.3. The molecule has 17 heavy (non-hydrogen) atoms. The second-order valence-electron chi connectivity index (χ2n) is 5.19. The van der Waals surface area contributed by atoms with E-state index in [4.69, 9.17) is 4.74 Å². The Bertz CT molecular complexity index is 449. The van der Waals surface area contributed by atoms with Gasteiger partial charge in [-0.3, -0.25) is 0 Å². The van der Waals surface area contributed by atoms with Crippen molar-refractivity contribution < 1.29 is 4.74 Å². The van der Waals surface area contributed by atoms with E-state index in [-0.39, 0.29) is 5.41 Å². The fraction of sp³-hybridized carbons (Fsp3) is 0.333. The summed E-state index contributed by atoms with van der Waals surface area (Å²) in [6.45, 7) is 7.30. The number of rotatable bonds is 3. The van der Waals surface area contributed by atoms with Crippen LogP contribution in [0, 0.1) is 0 Å². The Morgan fingerprint density at radius 1 is 1.06 bits per heavy atom. The lowest BCUT2D eigenvalue weighted by atomic mass is 9.87. The van der Waals surface area contributed by atoms with Crippen LogP contribution in [0.15, 0.2) is 41.1 Å². The van der Waals surface area contributed by atoms with E-state index in [9.17, 15) is 0 Å². The van der Waals surface area contributed by atoms with Gasteiger partial charge in [-0.2, -0.15) is 11.3 Å². The summed E-state index contributed by atoms with van der Waals surface area (Å²) in [6, 6.07) is 10.5. The maximum Gasteiger partial charge on any atom is 0.119 e. The summed E-state index contributed by atoms with van der Waals surface area (Å²) in [4.78, 5) is 0. The van der Waals surface area contributed by atoms with Crippen LogP contribution in [0.2, 0.25) is 0 Å². The van der Waals surface area contributed by atoms with Gasteiger partial charge in [0.15, 0.2) is 0 Å². The summed E-state index contributed by atoms with van der Waals surface area (Å²) >= 11 is 1.70. The number of hydrogen-bond acceptors (Lipinski definition) is 2. The highest BCUT2D eigenvalue weighted by atomic mass is 32.1. The smallest absolute Gasteiger partial charge is 0.119 e. The van der Waals surface area contributed by atoms with Gasteiger partial charge in [0.05, 0.1) is 0 Å². The van der Waals surface area contributed by atoms with Crippen molar-refractivity contribution >= 4 is 11.3 Å². The van der Waals surface area contributed by atoms with Crippen LogP contribution >= 0.6 is 11.3 Å². The minimum Gasteiger partial charge on any atom is -0.489 e. The highest BCUT2D eigenvalue weighted by molar-refractivity contribution is 7.07. The summed E-state index contributed by atoms with van der Waals surface area (Å²) in [6.07, 6.45) is 0. The SMILES string of the molecule is CC(C)(C)c1ccc(OCc2ccsc2)cc1. The Morgan fingerprint density at radius 3 is 2.29 bits per heavy atom. The molecule has 0 aliphatic heterocycles. The standard InChI is InChI=1S/C15H18OS/c1-15(2,3)13-4-6-14(7-5-13)16-10-12-8-9-17-11-12/h4-9,11H,10H2,1-3H3. The lowest BCUT2D eigenvalue weighted by Crippen LogP contribution is -2.10. The van der Waals surface area contributed by atoms with Crippen LogP contribution in [0.5, 0.6) is 5.75 Å². The molecule has 0 atom stereocenters. The first kappa shape index (κ1) is 12.2. The molecular formula is C15H18OS. The van der Waals surface area contributed by atoms with E-state index in [0.717, 1.165) is 5.75 Å². The van der Waals surface area contributed by atoms with E-state index >= 15 is 0 Å². The normalized spacial score (nSPS) is 11.5. The van der Waals surface area contributed by atoms with Crippen LogP contribution in [-0.4, -0.2) is 0 Å². The van der Waals surface area contributed by atoms with Gasteiger partial charge in [-0.05, 0) is 45.5 Å².